The van der Waals surface area contributed by atoms with E-state index in [0.717, 1.165) is 0 Å². The quantitative estimate of drug-likeness (QED) is 0.589. The smallest absolute Gasteiger partial charge is 0.164 e. The first kappa shape index (κ1) is 24.0. The molecule has 0 saturated carbocycles. The first-order valence-electron chi connectivity index (χ1n) is 12.4. The Bertz CT molecular complexity index is 746. The maximum atomic E-state index is 6.62. The van der Waals surface area contributed by atoms with Crippen LogP contribution in [-0.4, -0.2) is 97.4 Å². The van der Waals surface area contributed by atoms with E-state index in [-0.39, 0.29) is 48.8 Å². The summed E-state index contributed by atoms with van der Waals surface area (Å²) < 4.78 is 62.5. The average Bonchev–Trinajstić information content (AvgIpc) is 3.48. The van der Waals surface area contributed by atoms with E-state index in [1.54, 1.807) is 0 Å². The van der Waals surface area contributed by atoms with Crippen molar-refractivity contribution in [3.63, 3.8) is 0 Å². The zero-order valence-corrected chi connectivity index (χ0v) is 21.3. The molecule has 10 atom stereocenters. The lowest BCUT2D eigenvalue weighted by Gasteiger charge is -2.31. The molecule has 10 nitrogen and oxygen atoms in total. The summed E-state index contributed by atoms with van der Waals surface area (Å²) in [5.74, 6) is -2.84. The van der Waals surface area contributed by atoms with Crippen molar-refractivity contribution in [2.75, 3.05) is 13.2 Å². The summed E-state index contributed by atoms with van der Waals surface area (Å²) >= 11 is 0. The van der Waals surface area contributed by atoms with E-state index in [9.17, 15) is 0 Å². The van der Waals surface area contributed by atoms with Gasteiger partial charge in [0.1, 0.15) is 61.0 Å². The molecule has 0 bridgehead atoms. The minimum atomic E-state index is -0.749. The van der Waals surface area contributed by atoms with Gasteiger partial charge in [-0.3, -0.25) is 0 Å². The zero-order chi connectivity index (χ0) is 24.3. The molecule has 6 fully saturated rings. The van der Waals surface area contributed by atoms with Crippen LogP contribution in [0.1, 0.15) is 55.4 Å². The van der Waals surface area contributed by atoms with Crippen molar-refractivity contribution >= 4 is 0 Å². The molecule has 0 aromatic carbocycles. The molecule has 0 aromatic heterocycles. The van der Waals surface area contributed by atoms with Crippen LogP contribution in [0.2, 0.25) is 0 Å². The van der Waals surface area contributed by atoms with Gasteiger partial charge in [0.2, 0.25) is 0 Å². The Morgan fingerprint density at radius 2 is 0.706 bits per heavy atom. The van der Waals surface area contributed by atoms with Crippen LogP contribution >= 0.6 is 0 Å². The van der Waals surface area contributed by atoms with Crippen molar-refractivity contribution in [2.24, 2.45) is 0 Å². The number of ether oxygens (including phenoxy) is 10. The summed E-state index contributed by atoms with van der Waals surface area (Å²) in [5.41, 5.74) is 0. The Labute approximate surface area is 200 Å². The molecule has 0 radical (unpaired) electrons. The highest BCUT2D eigenvalue weighted by atomic mass is 16.8. The van der Waals surface area contributed by atoms with E-state index < -0.39 is 35.4 Å². The summed E-state index contributed by atoms with van der Waals surface area (Å²) in [4.78, 5) is 0. The van der Waals surface area contributed by atoms with Gasteiger partial charge in [-0.25, -0.2) is 0 Å². The van der Waals surface area contributed by atoms with Gasteiger partial charge in [-0.2, -0.15) is 0 Å². The van der Waals surface area contributed by atoms with Crippen LogP contribution in [-0.2, 0) is 47.4 Å². The van der Waals surface area contributed by atoms with Crippen LogP contribution in [0, 0.1) is 0 Å². The van der Waals surface area contributed by atoms with Gasteiger partial charge in [-0.15, -0.1) is 0 Å². The zero-order valence-electron chi connectivity index (χ0n) is 21.3. The monoisotopic (exact) mass is 486 g/mol. The lowest BCUT2D eigenvalue weighted by molar-refractivity contribution is -0.241. The van der Waals surface area contributed by atoms with Crippen molar-refractivity contribution in [1.82, 2.24) is 0 Å². The molecule has 0 N–H and O–H groups in total. The second kappa shape index (κ2) is 7.56. The molecule has 194 valence electrons. The molecule has 0 amide bonds. The van der Waals surface area contributed by atoms with Crippen molar-refractivity contribution in [1.29, 1.82) is 0 Å². The van der Waals surface area contributed by atoms with Crippen molar-refractivity contribution in [2.45, 2.75) is 140 Å². The SMILES string of the molecule is CC1(C)O[C@H]2[C@@H]([C@@H]3O[C@@H]([C@H]4COC(C)(C)O4)[C@H]4OC(C)(C)O[C@@H]34)O[C@@H]([C@H]3COC(C)(C)O3)[C@H]2O1. The highest BCUT2D eigenvalue weighted by Crippen LogP contribution is 2.49. The maximum absolute atomic E-state index is 6.62. The topological polar surface area (TPSA) is 92.3 Å². The summed E-state index contributed by atoms with van der Waals surface area (Å²) in [6, 6.07) is 0. The average molecular weight is 487 g/mol. The maximum Gasteiger partial charge on any atom is 0.164 e. The molecule has 0 aromatic rings. The third-order valence-electron chi connectivity index (χ3n) is 7.37. The molecular weight excluding hydrogens is 448 g/mol. The van der Waals surface area contributed by atoms with Gasteiger partial charge in [0.15, 0.2) is 23.1 Å². The minimum absolute atomic E-state index is 0.275. The lowest BCUT2D eigenvalue weighted by Crippen LogP contribution is -2.45. The predicted molar refractivity (Wildman–Crippen MR) is 115 cm³/mol. The highest BCUT2D eigenvalue weighted by molar-refractivity contribution is 5.11. The van der Waals surface area contributed by atoms with Gasteiger partial charge in [-0.1, -0.05) is 0 Å². The Kier molecular flexibility index (Phi) is 5.33. The van der Waals surface area contributed by atoms with E-state index in [1.807, 2.05) is 55.4 Å². The summed E-state index contributed by atoms with van der Waals surface area (Å²) in [6.45, 7) is 16.1. The van der Waals surface area contributed by atoms with Gasteiger partial charge in [0.05, 0.1) is 13.2 Å². The molecule has 6 aliphatic rings. The molecule has 10 heteroatoms. The van der Waals surface area contributed by atoms with Crippen molar-refractivity contribution < 1.29 is 47.4 Å². The molecule has 6 aliphatic heterocycles. The van der Waals surface area contributed by atoms with Gasteiger partial charge in [-0.05, 0) is 55.4 Å². The van der Waals surface area contributed by atoms with Gasteiger partial charge < -0.3 is 47.4 Å². The fourth-order valence-electron chi connectivity index (χ4n) is 6.21. The largest absolute Gasteiger partial charge is 0.364 e. The summed E-state index contributed by atoms with van der Waals surface area (Å²) in [7, 11) is 0. The third kappa shape index (κ3) is 4.04. The molecule has 6 heterocycles. The Morgan fingerprint density at radius 1 is 0.382 bits per heavy atom. The van der Waals surface area contributed by atoms with Crippen LogP contribution in [0.25, 0.3) is 0 Å². The second-order valence-corrected chi connectivity index (χ2v) is 12.0. The Hall–Kier alpha value is -0.400. The minimum Gasteiger partial charge on any atom is -0.364 e. The third-order valence-corrected chi connectivity index (χ3v) is 7.37. The van der Waals surface area contributed by atoms with Crippen LogP contribution in [0.4, 0.5) is 0 Å². The molecular formula is C24H38O10. The van der Waals surface area contributed by atoms with Crippen LogP contribution in [0.3, 0.4) is 0 Å². The van der Waals surface area contributed by atoms with Crippen molar-refractivity contribution in [3.05, 3.63) is 0 Å². The van der Waals surface area contributed by atoms with E-state index in [2.05, 4.69) is 0 Å². The molecule has 34 heavy (non-hydrogen) atoms. The van der Waals surface area contributed by atoms with Gasteiger partial charge in [0, 0.05) is 0 Å². The fourth-order valence-corrected chi connectivity index (χ4v) is 6.21. The lowest BCUT2D eigenvalue weighted by atomic mass is 9.97. The Balaban J connectivity index is 1.28. The molecule has 6 rings (SSSR count). The normalized spacial score (nSPS) is 52.2. The van der Waals surface area contributed by atoms with Crippen LogP contribution in [0.5, 0.6) is 0 Å². The predicted octanol–water partition coefficient (Wildman–Crippen LogP) is 1.86. The summed E-state index contributed by atoms with van der Waals surface area (Å²) in [6.07, 6.45) is -3.47. The molecule has 6 saturated heterocycles. The molecule has 0 aliphatic carbocycles. The highest BCUT2D eigenvalue weighted by Gasteiger charge is 2.67. The molecule has 0 spiro atoms. The fraction of sp³-hybridized carbons (Fsp3) is 1.00. The van der Waals surface area contributed by atoms with Gasteiger partial charge in [0.25, 0.3) is 0 Å². The Morgan fingerprint density at radius 3 is 1.00 bits per heavy atom. The van der Waals surface area contributed by atoms with Crippen molar-refractivity contribution in [3.8, 4) is 0 Å². The second-order valence-electron chi connectivity index (χ2n) is 12.0. The standard InChI is InChI=1S/C24H38O10/c1-21(2)25-9-11(29-21)13-17-19(33-23(5,6)31-17)15(27-13)16-20-18(32-24(7,8)34-20)14(28-16)12-10-26-22(3,4)30-12/h11-20H,9-10H2,1-8H3/t11-,12-,13+,14+,15-,16+,17-,18-,19+,20+/m1/s1. The first-order chi connectivity index (χ1) is 15.7. The van der Waals surface area contributed by atoms with Crippen LogP contribution in [0.15, 0.2) is 0 Å². The van der Waals surface area contributed by atoms with E-state index in [1.165, 1.54) is 0 Å². The van der Waals surface area contributed by atoms with E-state index in [0.29, 0.717) is 13.2 Å². The van der Waals surface area contributed by atoms with Gasteiger partial charge >= 0.3 is 0 Å². The molecule has 0 unspecified atom stereocenters. The van der Waals surface area contributed by atoms with E-state index in [4.69, 9.17) is 47.4 Å². The number of rotatable bonds is 3. The summed E-state index contributed by atoms with van der Waals surface area (Å²) in [5, 5.41) is 0. The number of hydrogen-bond acceptors (Lipinski definition) is 10. The number of fused-ring (bicyclic) bond motifs is 2. The van der Waals surface area contributed by atoms with Crippen LogP contribution < -0.4 is 0 Å². The van der Waals surface area contributed by atoms with E-state index >= 15 is 0 Å². The number of hydrogen-bond donors (Lipinski definition) is 0. The first-order valence-corrected chi connectivity index (χ1v) is 12.4.